The molecule has 0 amide bonds. The third kappa shape index (κ3) is 3.15. The molecule has 4 heteroatoms. The maximum Gasteiger partial charge on any atom is 0.0524 e. The number of halogens is 2. The first kappa shape index (κ1) is 13.6. The van der Waals surface area contributed by atoms with Gasteiger partial charge in [0.1, 0.15) is 0 Å². The van der Waals surface area contributed by atoms with E-state index >= 15 is 0 Å². The zero-order chi connectivity index (χ0) is 12.4. The highest BCUT2D eigenvalue weighted by molar-refractivity contribution is 14.1. The SMILES string of the molecule is CCC1CN(c2cc(I)ccc2Br)C(C)CN1. The van der Waals surface area contributed by atoms with Gasteiger partial charge in [-0.05, 0) is 70.1 Å². The van der Waals surface area contributed by atoms with Crippen molar-refractivity contribution in [2.45, 2.75) is 32.4 Å². The van der Waals surface area contributed by atoms with Gasteiger partial charge in [0.15, 0.2) is 0 Å². The van der Waals surface area contributed by atoms with Gasteiger partial charge >= 0.3 is 0 Å². The number of benzene rings is 1. The van der Waals surface area contributed by atoms with Crippen LogP contribution in [0.5, 0.6) is 0 Å². The first-order valence-corrected chi connectivity index (χ1v) is 7.94. The quantitative estimate of drug-likeness (QED) is 0.751. The summed E-state index contributed by atoms with van der Waals surface area (Å²) in [7, 11) is 0. The number of nitrogens with zero attached hydrogens (tertiary/aromatic N) is 1. The molecule has 94 valence electrons. The highest BCUT2D eigenvalue weighted by atomic mass is 127. The summed E-state index contributed by atoms with van der Waals surface area (Å²) in [5.74, 6) is 0. The van der Waals surface area contributed by atoms with Gasteiger partial charge in [0.2, 0.25) is 0 Å². The van der Waals surface area contributed by atoms with E-state index in [1.54, 1.807) is 0 Å². The van der Waals surface area contributed by atoms with Crippen molar-refractivity contribution in [3.63, 3.8) is 0 Å². The molecule has 0 aliphatic carbocycles. The summed E-state index contributed by atoms with van der Waals surface area (Å²) in [6.45, 7) is 6.69. The summed E-state index contributed by atoms with van der Waals surface area (Å²) in [5.41, 5.74) is 1.32. The van der Waals surface area contributed by atoms with Gasteiger partial charge in [-0.3, -0.25) is 0 Å². The van der Waals surface area contributed by atoms with E-state index in [1.807, 2.05) is 0 Å². The second-order valence-electron chi connectivity index (χ2n) is 4.61. The van der Waals surface area contributed by atoms with E-state index < -0.39 is 0 Å². The molecule has 2 unspecified atom stereocenters. The van der Waals surface area contributed by atoms with Crippen molar-refractivity contribution < 1.29 is 0 Å². The lowest BCUT2D eigenvalue weighted by Gasteiger charge is -2.40. The molecule has 2 atom stereocenters. The molecule has 0 spiro atoms. The van der Waals surface area contributed by atoms with Gasteiger partial charge in [0.25, 0.3) is 0 Å². The summed E-state index contributed by atoms with van der Waals surface area (Å²) in [6.07, 6.45) is 1.19. The molecule has 0 aromatic heterocycles. The van der Waals surface area contributed by atoms with E-state index in [4.69, 9.17) is 0 Å². The van der Waals surface area contributed by atoms with E-state index in [1.165, 1.54) is 20.2 Å². The first-order valence-electron chi connectivity index (χ1n) is 6.07. The van der Waals surface area contributed by atoms with Crippen molar-refractivity contribution >= 4 is 44.2 Å². The fourth-order valence-electron chi connectivity index (χ4n) is 2.24. The average molecular weight is 409 g/mol. The van der Waals surface area contributed by atoms with Crippen LogP contribution in [0.2, 0.25) is 0 Å². The van der Waals surface area contributed by atoms with Crippen LogP contribution in [-0.4, -0.2) is 25.2 Å². The fourth-order valence-corrected chi connectivity index (χ4v) is 3.19. The van der Waals surface area contributed by atoms with E-state index in [0.717, 1.165) is 13.1 Å². The van der Waals surface area contributed by atoms with Crippen molar-refractivity contribution in [1.29, 1.82) is 0 Å². The summed E-state index contributed by atoms with van der Waals surface area (Å²) < 4.78 is 2.49. The van der Waals surface area contributed by atoms with Crippen LogP contribution in [0.3, 0.4) is 0 Å². The number of rotatable bonds is 2. The summed E-state index contributed by atoms with van der Waals surface area (Å²) >= 11 is 6.05. The summed E-state index contributed by atoms with van der Waals surface area (Å²) in [6, 6.07) is 7.70. The first-order chi connectivity index (χ1) is 8.11. The van der Waals surface area contributed by atoms with E-state index in [-0.39, 0.29) is 0 Å². The number of hydrogen-bond acceptors (Lipinski definition) is 2. The molecule has 1 N–H and O–H groups in total. The van der Waals surface area contributed by atoms with Crippen molar-refractivity contribution in [1.82, 2.24) is 5.32 Å². The van der Waals surface area contributed by atoms with Gasteiger partial charge in [-0.15, -0.1) is 0 Å². The molecular formula is C13H18BrIN2. The molecule has 2 nitrogen and oxygen atoms in total. The van der Waals surface area contributed by atoms with Crippen molar-refractivity contribution in [3.05, 3.63) is 26.2 Å². The average Bonchev–Trinajstić information content (AvgIpc) is 2.33. The lowest BCUT2D eigenvalue weighted by molar-refractivity contribution is 0.397. The molecule has 1 aromatic rings. The zero-order valence-electron chi connectivity index (χ0n) is 10.2. The minimum Gasteiger partial charge on any atom is -0.365 e. The molecule has 1 aliphatic heterocycles. The Labute approximate surface area is 125 Å². The molecule has 0 radical (unpaired) electrons. The Morgan fingerprint density at radius 3 is 3.00 bits per heavy atom. The molecule has 17 heavy (non-hydrogen) atoms. The van der Waals surface area contributed by atoms with Gasteiger partial charge < -0.3 is 10.2 Å². The molecule has 1 aromatic carbocycles. The topological polar surface area (TPSA) is 15.3 Å². The number of hydrogen-bond donors (Lipinski definition) is 1. The predicted octanol–water partition coefficient (Wildman–Crippen LogP) is 3.63. The zero-order valence-corrected chi connectivity index (χ0v) is 14.0. The van der Waals surface area contributed by atoms with E-state index in [9.17, 15) is 0 Å². The third-order valence-electron chi connectivity index (χ3n) is 3.36. The molecule has 1 saturated heterocycles. The van der Waals surface area contributed by atoms with Gasteiger partial charge in [-0.2, -0.15) is 0 Å². The standard InChI is InChI=1S/C13H18BrIN2/c1-3-11-8-17(9(2)7-16-11)13-6-10(15)4-5-12(13)14/h4-6,9,11,16H,3,7-8H2,1-2H3. The molecule has 1 aliphatic rings. The molecule has 1 fully saturated rings. The van der Waals surface area contributed by atoms with Crippen LogP contribution in [0.15, 0.2) is 22.7 Å². The van der Waals surface area contributed by atoms with Crippen LogP contribution < -0.4 is 10.2 Å². The van der Waals surface area contributed by atoms with Crippen LogP contribution in [0, 0.1) is 3.57 Å². The third-order valence-corrected chi connectivity index (χ3v) is 4.70. The maximum atomic E-state index is 3.67. The number of nitrogens with one attached hydrogen (secondary N) is 1. The Morgan fingerprint density at radius 1 is 1.53 bits per heavy atom. The lowest BCUT2D eigenvalue weighted by Crippen LogP contribution is -2.55. The Balaban J connectivity index is 2.27. The van der Waals surface area contributed by atoms with Crippen LogP contribution in [0.1, 0.15) is 20.3 Å². The van der Waals surface area contributed by atoms with Crippen LogP contribution in [-0.2, 0) is 0 Å². The Morgan fingerprint density at radius 2 is 2.29 bits per heavy atom. The summed E-state index contributed by atoms with van der Waals surface area (Å²) in [5, 5.41) is 3.59. The Kier molecular flexibility index (Phi) is 4.72. The number of anilines is 1. The Bertz CT molecular complexity index is 397. The van der Waals surface area contributed by atoms with Crippen molar-refractivity contribution in [2.24, 2.45) is 0 Å². The van der Waals surface area contributed by atoms with E-state index in [2.05, 4.69) is 80.8 Å². The lowest BCUT2D eigenvalue weighted by atomic mass is 10.1. The second kappa shape index (κ2) is 5.89. The van der Waals surface area contributed by atoms with Crippen LogP contribution in [0.25, 0.3) is 0 Å². The largest absolute Gasteiger partial charge is 0.365 e. The monoisotopic (exact) mass is 408 g/mol. The fraction of sp³-hybridized carbons (Fsp3) is 0.538. The minimum atomic E-state index is 0.548. The molecule has 0 bridgehead atoms. The van der Waals surface area contributed by atoms with Crippen LogP contribution in [0.4, 0.5) is 5.69 Å². The normalized spacial score (nSPS) is 25.1. The number of piperazine rings is 1. The summed E-state index contributed by atoms with van der Waals surface area (Å²) in [4.78, 5) is 2.51. The maximum absolute atomic E-state index is 3.67. The smallest absolute Gasteiger partial charge is 0.0524 e. The van der Waals surface area contributed by atoms with Gasteiger partial charge in [-0.25, -0.2) is 0 Å². The highest BCUT2D eigenvalue weighted by Gasteiger charge is 2.25. The Hall–Kier alpha value is 0.190. The molecule has 1 heterocycles. The molecule has 2 rings (SSSR count). The molecule has 0 saturated carbocycles. The highest BCUT2D eigenvalue weighted by Crippen LogP contribution is 2.30. The molecular weight excluding hydrogens is 391 g/mol. The second-order valence-corrected chi connectivity index (χ2v) is 6.71. The predicted molar refractivity (Wildman–Crippen MR) is 85.7 cm³/mol. The van der Waals surface area contributed by atoms with Gasteiger partial charge in [0, 0.05) is 33.2 Å². The minimum absolute atomic E-state index is 0.548. The van der Waals surface area contributed by atoms with Gasteiger partial charge in [-0.1, -0.05) is 6.92 Å². The van der Waals surface area contributed by atoms with Crippen molar-refractivity contribution in [3.8, 4) is 0 Å². The van der Waals surface area contributed by atoms with Crippen molar-refractivity contribution in [2.75, 3.05) is 18.0 Å². The van der Waals surface area contributed by atoms with Crippen LogP contribution >= 0.6 is 38.5 Å². The van der Waals surface area contributed by atoms with Gasteiger partial charge in [0.05, 0.1) is 5.69 Å². The van der Waals surface area contributed by atoms with E-state index in [0.29, 0.717) is 12.1 Å².